The van der Waals surface area contributed by atoms with Crippen LogP contribution in [0.5, 0.6) is 0 Å². The van der Waals surface area contributed by atoms with E-state index in [1.54, 1.807) is 0 Å². The second-order valence-corrected chi connectivity index (χ2v) is 12.3. The number of nitrogens with zero attached hydrogens (tertiary/aromatic N) is 3. The Kier molecular flexibility index (Phi) is 10.2. The van der Waals surface area contributed by atoms with Crippen molar-refractivity contribution in [3.8, 4) is 0 Å². The molecule has 31 heavy (non-hydrogen) atoms. The van der Waals surface area contributed by atoms with E-state index in [2.05, 4.69) is 156 Å². The minimum absolute atomic E-state index is 0.797. The van der Waals surface area contributed by atoms with Gasteiger partial charge in [-0.25, -0.2) is 0 Å². The zero-order valence-corrected chi connectivity index (χ0v) is 23.7. The van der Waals surface area contributed by atoms with Crippen LogP contribution in [-0.4, -0.2) is 16.1 Å². The Balaban J connectivity index is 0.000000210. The summed E-state index contributed by atoms with van der Waals surface area (Å²) >= 11 is 6.83. The molecule has 4 aromatic rings. The number of benzene rings is 3. The molecule has 7 heteroatoms. The molecule has 0 aliphatic carbocycles. The fourth-order valence-electron chi connectivity index (χ4n) is 2.94. The predicted octanol–water partition coefficient (Wildman–Crippen LogP) is 6.43. The molecule has 0 amide bonds. The van der Waals surface area contributed by atoms with Crippen LogP contribution < -0.4 is 0 Å². The van der Waals surface area contributed by atoms with Crippen molar-refractivity contribution in [3.63, 3.8) is 0 Å². The molecule has 4 nitrogen and oxygen atoms in total. The Bertz CT molecular complexity index is 1110. The molecule has 1 aromatic heterocycles. The number of hydrogen-bond acceptors (Lipinski definition) is 2. The number of nitrogens with one attached hydrogen (secondary N) is 1. The number of aromatic nitrogens is 3. The first kappa shape index (κ1) is 24.5. The fourth-order valence-corrected chi connectivity index (χ4v) is 4.35. The first-order valence-corrected chi connectivity index (χ1v) is 12.9. The van der Waals surface area contributed by atoms with E-state index in [-0.39, 0.29) is 0 Å². The molecule has 0 atom stereocenters. The van der Waals surface area contributed by atoms with Gasteiger partial charge in [0.25, 0.3) is 0 Å². The number of halogens is 2. The SMILES string of the molecule is Cc1ccc(CN(I)I)cc1.[Pt]=[c]1[nH]c(Cc2ccccc2)nn1Cc1ccccc1. The third-order valence-corrected chi connectivity index (χ3v) is 6.06. The zero-order chi connectivity index (χ0) is 22.1. The van der Waals surface area contributed by atoms with Gasteiger partial charge >= 0.3 is 129 Å². The Hall–Kier alpha value is -1.09. The summed E-state index contributed by atoms with van der Waals surface area (Å²) in [5.74, 6) is 0.997. The molecule has 0 unspecified atom stereocenters. The van der Waals surface area contributed by atoms with Crippen LogP contribution in [-0.2, 0) is 38.9 Å². The van der Waals surface area contributed by atoms with Gasteiger partial charge in [-0.2, -0.15) is 1.33 Å². The van der Waals surface area contributed by atoms with E-state index in [9.17, 15) is 0 Å². The van der Waals surface area contributed by atoms with Crippen LogP contribution >= 0.6 is 45.7 Å². The number of rotatable bonds is 6. The maximum atomic E-state index is 4.65. The monoisotopic (exact) mass is 817 g/mol. The molecule has 0 saturated carbocycles. The quantitative estimate of drug-likeness (QED) is 0.180. The average Bonchev–Trinajstić information content (AvgIpc) is 3.10. The maximum absolute atomic E-state index is 4.65. The van der Waals surface area contributed by atoms with Gasteiger partial charge in [-0.1, -0.05) is 29.8 Å². The van der Waals surface area contributed by atoms with Crippen LogP contribution in [0, 0.1) is 10.7 Å². The van der Waals surface area contributed by atoms with Crippen molar-refractivity contribution < 1.29 is 19.4 Å². The van der Waals surface area contributed by atoms with E-state index in [1.807, 2.05) is 16.8 Å². The summed E-state index contributed by atoms with van der Waals surface area (Å²) < 4.78 is 5.18. The van der Waals surface area contributed by atoms with Crippen LogP contribution in [0.3, 0.4) is 0 Å². The molecule has 1 heterocycles. The van der Waals surface area contributed by atoms with Crippen LogP contribution in [0.2, 0.25) is 0 Å². The van der Waals surface area contributed by atoms with Crippen molar-refractivity contribution in [1.82, 2.24) is 16.1 Å². The average molecular weight is 817 g/mol. The van der Waals surface area contributed by atoms with E-state index in [4.69, 9.17) is 0 Å². The standard InChI is InChI=1S/C16H15N3.C8H9I2N.Pt/c1-3-7-14(8-4-1)11-16-17-13-19(18-16)12-15-9-5-2-6-10-15;1-7-2-4-8(5-3-7)6-11(9)10;/h1-10H,11-12H2,(H,17,18);2-5H,6H2,1H3;. The Morgan fingerprint density at radius 2 is 1.42 bits per heavy atom. The van der Waals surface area contributed by atoms with Gasteiger partial charge in [0.1, 0.15) is 0 Å². The van der Waals surface area contributed by atoms with E-state index >= 15 is 0 Å². The summed E-state index contributed by atoms with van der Waals surface area (Å²) in [6, 6.07) is 29.4. The summed E-state index contributed by atoms with van der Waals surface area (Å²) in [7, 11) is 0. The van der Waals surface area contributed by atoms with Crippen molar-refractivity contribution in [3.05, 3.63) is 117 Å². The van der Waals surface area contributed by atoms with Crippen LogP contribution in [0.25, 0.3) is 0 Å². The summed E-state index contributed by atoms with van der Waals surface area (Å²) in [4.78, 5) is 3.35. The summed E-state index contributed by atoms with van der Waals surface area (Å²) in [5, 5.41) is 4.65. The third-order valence-electron chi connectivity index (χ3n) is 4.50. The van der Waals surface area contributed by atoms with E-state index < -0.39 is 0 Å². The number of H-pyrrole nitrogens is 1. The molecule has 0 saturated heterocycles. The Morgan fingerprint density at radius 1 is 0.839 bits per heavy atom. The summed E-state index contributed by atoms with van der Waals surface area (Å²) in [5.41, 5.74) is 5.21. The van der Waals surface area contributed by atoms with Gasteiger partial charge in [0.2, 0.25) is 0 Å². The third kappa shape index (κ3) is 8.75. The second kappa shape index (κ2) is 12.8. The molecule has 3 aromatic carbocycles. The first-order valence-electron chi connectivity index (χ1n) is 9.83. The fraction of sp³-hybridized carbons (Fsp3) is 0.167. The van der Waals surface area contributed by atoms with Gasteiger partial charge in [0.15, 0.2) is 0 Å². The van der Waals surface area contributed by atoms with Gasteiger partial charge in [-0.15, -0.1) is 0 Å². The topological polar surface area (TPSA) is 36.9 Å². The van der Waals surface area contributed by atoms with Crippen molar-refractivity contribution >= 4 is 45.7 Å². The van der Waals surface area contributed by atoms with Crippen molar-refractivity contribution in [2.24, 2.45) is 0 Å². The Labute approximate surface area is 222 Å². The predicted molar refractivity (Wildman–Crippen MR) is 139 cm³/mol. The molecule has 1 N–H and O–H groups in total. The van der Waals surface area contributed by atoms with E-state index in [1.165, 1.54) is 22.3 Å². The summed E-state index contributed by atoms with van der Waals surface area (Å²) in [6.07, 6.45) is 0.832. The van der Waals surface area contributed by atoms with Gasteiger partial charge in [-0.05, 0) is 12.5 Å². The molecular formula is C24H24I2N4Pt. The molecule has 164 valence electrons. The molecule has 0 radical (unpaired) electrons. The zero-order valence-electron chi connectivity index (χ0n) is 17.1. The van der Waals surface area contributed by atoms with Crippen LogP contribution in [0.1, 0.15) is 28.1 Å². The molecular weight excluding hydrogens is 793 g/mol. The van der Waals surface area contributed by atoms with Crippen LogP contribution in [0.4, 0.5) is 0 Å². The van der Waals surface area contributed by atoms with Crippen LogP contribution in [0.15, 0.2) is 84.9 Å². The minimum atomic E-state index is 0.797. The number of hydrogen-bond donors (Lipinski definition) is 1. The van der Waals surface area contributed by atoms with Crippen molar-refractivity contribution in [1.29, 1.82) is 0 Å². The number of aromatic amines is 1. The second-order valence-electron chi connectivity index (χ2n) is 7.09. The normalized spacial score (nSPS) is 10.6. The van der Waals surface area contributed by atoms with E-state index in [0.717, 1.165) is 29.1 Å². The molecule has 0 aliphatic heterocycles. The van der Waals surface area contributed by atoms with Crippen molar-refractivity contribution in [2.75, 3.05) is 0 Å². The molecule has 4 rings (SSSR count). The van der Waals surface area contributed by atoms with Crippen molar-refractivity contribution in [2.45, 2.75) is 26.4 Å². The summed E-state index contributed by atoms with van der Waals surface area (Å²) in [6.45, 7) is 3.90. The molecule has 0 aliphatic rings. The molecule has 0 fully saturated rings. The van der Waals surface area contributed by atoms with Gasteiger partial charge in [0.05, 0.1) is 0 Å². The number of aryl methyl sites for hydroxylation is 1. The first-order chi connectivity index (χ1) is 15.0. The van der Waals surface area contributed by atoms with Gasteiger partial charge in [-0.3, -0.25) is 0 Å². The van der Waals surface area contributed by atoms with Gasteiger partial charge < -0.3 is 0 Å². The van der Waals surface area contributed by atoms with E-state index in [0.29, 0.717) is 0 Å². The Morgan fingerprint density at radius 3 is 2.00 bits per heavy atom. The molecule has 0 spiro atoms. The van der Waals surface area contributed by atoms with Gasteiger partial charge in [0, 0.05) is 52.3 Å². The molecule has 0 bridgehead atoms.